The molecule has 0 N–H and O–H groups in total. The second-order valence-electron chi connectivity index (χ2n) is 5.74. The minimum absolute atomic E-state index is 0.972. The van der Waals surface area contributed by atoms with Crippen LogP contribution in [0.25, 0.3) is 11.1 Å². The van der Waals surface area contributed by atoms with Gasteiger partial charge in [0.1, 0.15) is 0 Å². The van der Waals surface area contributed by atoms with Gasteiger partial charge in [-0.2, -0.15) is 0 Å². The van der Waals surface area contributed by atoms with Crippen LogP contribution in [0.3, 0.4) is 0 Å². The Labute approximate surface area is 128 Å². The second-order valence-corrected chi connectivity index (χ2v) is 5.74. The minimum Gasteiger partial charge on any atom is -0.0772 e. The van der Waals surface area contributed by atoms with Crippen molar-refractivity contribution in [2.24, 2.45) is 0 Å². The molecule has 0 atom stereocenters. The molecule has 0 heterocycles. The van der Waals surface area contributed by atoms with Crippen molar-refractivity contribution in [3.8, 4) is 0 Å². The SMILES string of the molecule is C/C(=C\C/C=C(\C)c1ccc(C)cc1)c1ccc(C)cc1. The van der Waals surface area contributed by atoms with Crippen LogP contribution in [0, 0.1) is 13.8 Å². The van der Waals surface area contributed by atoms with Crippen molar-refractivity contribution in [2.45, 2.75) is 34.1 Å². The van der Waals surface area contributed by atoms with Crippen molar-refractivity contribution in [3.63, 3.8) is 0 Å². The lowest BCUT2D eigenvalue weighted by molar-refractivity contribution is 1.35. The number of rotatable bonds is 4. The second kappa shape index (κ2) is 7.08. The molecule has 0 saturated carbocycles. The highest BCUT2D eigenvalue weighted by Crippen LogP contribution is 2.18. The van der Waals surface area contributed by atoms with E-state index in [0.29, 0.717) is 0 Å². The molecule has 0 amide bonds. The number of allylic oxidation sites excluding steroid dienone is 4. The van der Waals surface area contributed by atoms with Gasteiger partial charge in [0.25, 0.3) is 0 Å². The van der Waals surface area contributed by atoms with Gasteiger partial charge in [-0.15, -0.1) is 0 Å². The van der Waals surface area contributed by atoms with E-state index in [2.05, 4.69) is 88.4 Å². The number of hydrogen-bond acceptors (Lipinski definition) is 0. The molecule has 108 valence electrons. The van der Waals surface area contributed by atoms with Crippen LogP contribution >= 0.6 is 0 Å². The Balaban J connectivity index is 2.04. The van der Waals surface area contributed by atoms with Gasteiger partial charge in [-0.05, 0) is 56.4 Å². The van der Waals surface area contributed by atoms with Crippen LogP contribution in [0.15, 0.2) is 60.7 Å². The molecule has 0 aliphatic carbocycles. The maximum Gasteiger partial charge on any atom is -0.0157 e. The zero-order chi connectivity index (χ0) is 15.2. The quantitative estimate of drug-likeness (QED) is 0.623. The minimum atomic E-state index is 0.972. The van der Waals surface area contributed by atoms with Gasteiger partial charge in [-0.3, -0.25) is 0 Å². The fourth-order valence-corrected chi connectivity index (χ4v) is 2.28. The third-order valence-electron chi connectivity index (χ3n) is 3.86. The maximum absolute atomic E-state index is 2.29. The summed E-state index contributed by atoms with van der Waals surface area (Å²) in [5, 5.41) is 0. The summed E-state index contributed by atoms with van der Waals surface area (Å²) in [5.41, 5.74) is 7.90. The van der Waals surface area contributed by atoms with Crippen molar-refractivity contribution in [3.05, 3.63) is 82.9 Å². The fraction of sp³-hybridized carbons (Fsp3) is 0.238. The Morgan fingerprint density at radius 1 is 0.667 bits per heavy atom. The molecule has 0 radical (unpaired) electrons. The van der Waals surface area contributed by atoms with Crippen LogP contribution in [-0.2, 0) is 0 Å². The Morgan fingerprint density at radius 2 is 1.00 bits per heavy atom. The van der Waals surface area contributed by atoms with E-state index in [1.165, 1.54) is 33.4 Å². The van der Waals surface area contributed by atoms with E-state index in [1.807, 2.05) is 0 Å². The molecule has 0 spiro atoms. The van der Waals surface area contributed by atoms with Crippen LogP contribution in [0.1, 0.15) is 42.5 Å². The summed E-state index contributed by atoms with van der Waals surface area (Å²) in [4.78, 5) is 0. The maximum atomic E-state index is 2.29. The van der Waals surface area contributed by atoms with Gasteiger partial charge in [0.05, 0.1) is 0 Å². The number of hydrogen-bond donors (Lipinski definition) is 0. The normalized spacial score (nSPS) is 12.6. The summed E-state index contributed by atoms with van der Waals surface area (Å²) >= 11 is 0. The summed E-state index contributed by atoms with van der Waals surface area (Å²) < 4.78 is 0. The average molecular weight is 276 g/mol. The van der Waals surface area contributed by atoms with E-state index >= 15 is 0 Å². The van der Waals surface area contributed by atoms with Crippen LogP contribution in [0.5, 0.6) is 0 Å². The lowest BCUT2D eigenvalue weighted by Gasteiger charge is -2.03. The molecule has 0 heteroatoms. The largest absolute Gasteiger partial charge is 0.0772 e. The van der Waals surface area contributed by atoms with Gasteiger partial charge in [0, 0.05) is 0 Å². The zero-order valence-corrected chi connectivity index (χ0v) is 13.5. The topological polar surface area (TPSA) is 0 Å². The van der Waals surface area contributed by atoms with Crippen LogP contribution < -0.4 is 0 Å². The summed E-state index contributed by atoms with van der Waals surface area (Å²) in [6.45, 7) is 8.60. The molecule has 21 heavy (non-hydrogen) atoms. The van der Waals surface area contributed by atoms with E-state index < -0.39 is 0 Å². The highest BCUT2D eigenvalue weighted by molar-refractivity contribution is 5.66. The Hall–Kier alpha value is -2.08. The standard InChI is InChI=1S/C21H24/c1-16-8-12-20(13-9-16)18(3)6-5-7-19(4)21-14-10-17(2)11-15-21/h6-15H,5H2,1-4H3/b18-6+,19-7+. The van der Waals surface area contributed by atoms with Gasteiger partial charge in [-0.1, -0.05) is 71.8 Å². The molecule has 2 rings (SSSR count). The van der Waals surface area contributed by atoms with Gasteiger partial charge in [0.2, 0.25) is 0 Å². The summed E-state index contributed by atoms with van der Waals surface area (Å²) in [6.07, 6.45) is 5.56. The monoisotopic (exact) mass is 276 g/mol. The molecule has 0 aromatic heterocycles. The molecule has 0 nitrogen and oxygen atoms in total. The molecule has 0 bridgehead atoms. The van der Waals surface area contributed by atoms with E-state index in [-0.39, 0.29) is 0 Å². The molecule has 0 aliphatic heterocycles. The van der Waals surface area contributed by atoms with Crippen LogP contribution in [0.2, 0.25) is 0 Å². The molecule has 0 aliphatic rings. The number of aryl methyl sites for hydroxylation is 2. The zero-order valence-electron chi connectivity index (χ0n) is 13.5. The van der Waals surface area contributed by atoms with E-state index in [9.17, 15) is 0 Å². The third-order valence-corrected chi connectivity index (χ3v) is 3.86. The van der Waals surface area contributed by atoms with Crippen molar-refractivity contribution in [1.29, 1.82) is 0 Å². The Morgan fingerprint density at radius 3 is 1.33 bits per heavy atom. The highest BCUT2D eigenvalue weighted by atomic mass is 14.0. The molecule has 0 fully saturated rings. The first-order valence-electron chi connectivity index (χ1n) is 7.54. The first kappa shape index (κ1) is 15.3. The smallest absolute Gasteiger partial charge is 0.0157 e. The highest BCUT2D eigenvalue weighted by Gasteiger charge is 1.96. The summed E-state index contributed by atoms with van der Waals surface area (Å²) in [5.74, 6) is 0. The van der Waals surface area contributed by atoms with Gasteiger partial charge in [0.15, 0.2) is 0 Å². The van der Waals surface area contributed by atoms with Crippen molar-refractivity contribution < 1.29 is 0 Å². The first-order valence-corrected chi connectivity index (χ1v) is 7.54. The molecule has 0 unspecified atom stereocenters. The van der Waals surface area contributed by atoms with E-state index in [4.69, 9.17) is 0 Å². The van der Waals surface area contributed by atoms with Crippen molar-refractivity contribution >= 4 is 11.1 Å². The van der Waals surface area contributed by atoms with E-state index in [0.717, 1.165) is 6.42 Å². The Kier molecular flexibility index (Phi) is 5.16. The predicted molar refractivity (Wildman–Crippen MR) is 94.3 cm³/mol. The lowest BCUT2D eigenvalue weighted by Crippen LogP contribution is -1.82. The molecule has 2 aromatic carbocycles. The van der Waals surface area contributed by atoms with E-state index in [1.54, 1.807) is 0 Å². The molecule has 0 saturated heterocycles. The summed E-state index contributed by atoms with van der Waals surface area (Å²) in [6, 6.07) is 17.4. The van der Waals surface area contributed by atoms with Crippen LogP contribution in [-0.4, -0.2) is 0 Å². The molecular weight excluding hydrogens is 252 g/mol. The molecular formula is C21H24. The summed E-state index contributed by atoms with van der Waals surface area (Å²) in [7, 11) is 0. The molecule has 2 aromatic rings. The average Bonchev–Trinajstić information content (AvgIpc) is 2.48. The van der Waals surface area contributed by atoms with Gasteiger partial charge >= 0.3 is 0 Å². The lowest BCUT2D eigenvalue weighted by atomic mass is 10.0. The van der Waals surface area contributed by atoms with Gasteiger partial charge < -0.3 is 0 Å². The van der Waals surface area contributed by atoms with Gasteiger partial charge in [-0.25, -0.2) is 0 Å². The first-order chi connectivity index (χ1) is 10.1. The predicted octanol–water partition coefficient (Wildman–Crippen LogP) is 6.20. The van der Waals surface area contributed by atoms with Crippen LogP contribution in [0.4, 0.5) is 0 Å². The third kappa shape index (κ3) is 4.46. The Bertz CT molecular complexity index is 578. The van der Waals surface area contributed by atoms with Crippen molar-refractivity contribution in [1.82, 2.24) is 0 Å². The van der Waals surface area contributed by atoms with Crippen molar-refractivity contribution in [2.75, 3.05) is 0 Å². The number of benzene rings is 2. The fourth-order valence-electron chi connectivity index (χ4n) is 2.28.